The molecule has 0 saturated carbocycles. The molecule has 1 unspecified atom stereocenters. The molecule has 0 radical (unpaired) electrons. The van der Waals surface area contributed by atoms with Crippen molar-refractivity contribution in [3.63, 3.8) is 0 Å². The zero-order valence-corrected chi connectivity index (χ0v) is 12.7. The van der Waals surface area contributed by atoms with Gasteiger partial charge >= 0.3 is 5.97 Å². The van der Waals surface area contributed by atoms with Crippen LogP contribution in [0.5, 0.6) is 0 Å². The fourth-order valence-corrected chi connectivity index (χ4v) is 2.12. The van der Waals surface area contributed by atoms with Gasteiger partial charge in [-0.1, -0.05) is 32.4 Å². The van der Waals surface area contributed by atoms with Gasteiger partial charge in [-0.05, 0) is 28.0 Å². The first kappa shape index (κ1) is 15.4. The lowest BCUT2D eigenvalue weighted by Gasteiger charge is -2.29. The lowest BCUT2D eigenvalue weighted by atomic mass is 9.84. The normalized spacial score (nSPS) is 13.1. The minimum atomic E-state index is -0.902. The molecule has 2 heterocycles. The summed E-state index contributed by atoms with van der Waals surface area (Å²) < 4.78 is 1.52. The number of carboxylic acids is 1. The second-order valence-corrected chi connectivity index (χ2v) is 6.22. The van der Waals surface area contributed by atoms with Crippen LogP contribution in [0.1, 0.15) is 33.2 Å². The Morgan fingerprint density at radius 3 is 2.67 bits per heavy atom. The third-order valence-corrected chi connectivity index (χ3v) is 3.34. The molecule has 112 valence electrons. The number of hydrogen-bond donors (Lipinski definition) is 1. The minimum absolute atomic E-state index is 0.0743. The van der Waals surface area contributed by atoms with Gasteiger partial charge in [0.15, 0.2) is 0 Å². The second-order valence-electron chi connectivity index (χ2n) is 5.79. The van der Waals surface area contributed by atoms with Crippen molar-refractivity contribution in [3.05, 3.63) is 23.4 Å². The quantitative estimate of drug-likeness (QED) is 0.932. The van der Waals surface area contributed by atoms with E-state index >= 15 is 0 Å². The summed E-state index contributed by atoms with van der Waals surface area (Å²) in [5.74, 6) is -0.478. The lowest BCUT2D eigenvalue weighted by molar-refractivity contribution is -0.138. The van der Waals surface area contributed by atoms with E-state index in [-0.39, 0.29) is 11.8 Å². The Labute approximate surface area is 127 Å². The number of halogens is 1. The molecular weight excluding hydrogens is 294 g/mol. The van der Waals surface area contributed by atoms with Gasteiger partial charge in [-0.3, -0.25) is 9.78 Å². The summed E-state index contributed by atoms with van der Waals surface area (Å²) in [6.45, 7) is 5.84. The van der Waals surface area contributed by atoms with Crippen molar-refractivity contribution in [1.82, 2.24) is 25.2 Å². The molecular formula is C13H16ClN5O2. The summed E-state index contributed by atoms with van der Waals surface area (Å²) >= 11 is 5.82. The zero-order chi connectivity index (χ0) is 15.6. The van der Waals surface area contributed by atoms with E-state index in [1.54, 1.807) is 12.1 Å². The van der Waals surface area contributed by atoms with Crippen LogP contribution in [0.4, 0.5) is 0 Å². The molecule has 2 aromatic heterocycles. The molecule has 0 bridgehead atoms. The standard InChI is InChI=1S/C13H16ClN5O2/c1-13(2,3)10(6-11(20)21)19-12(16-17-18-19)9-5-4-8(14)7-15-9/h4-5,7,10H,6H2,1-3H3,(H,20,21). The Hall–Kier alpha value is -2.02. The Balaban J connectivity index is 2.46. The molecule has 1 N–H and O–H groups in total. The van der Waals surface area contributed by atoms with Crippen molar-refractivity contribution in [2.45, 2.75) is 33.2 Å². The Morgan fingerprint density at radius 1 is 1.43 bits per heavy atom. The largest absolute Gasteiger partial charge is 0.481 e. The third kappa shape index (κ3) is 3.55. The van der Waals surface area contributed by atoms with E-state index in [2.05, 4.69) is 20.5 Å². The molecule has 0 fully saturated rings. The second kappa shape index (κ2) is 5.77. The van der Waals surface area contributed by atoms with Crippen LogP contribution in [-0.2, 0) is 4.79 Å². The highest BCUT2D eigenvalue weighted by Gasteiger charge is 2.32. The summed E-state index contributed by atoms with van der Waals surface area (Å²) in [6, 6.07) is 2.99. The van der Waals surface area contributed by atoms with Crippen molar-refractivity contribution in [3.8, 4) is 11.5 Å². The highest BCUT2D eigenvalue weighted by atomic mass is 35.5. The van der Waals surface area contributed by atoms with Gasteiger partial charge in [0.1, 0.15) is 5.69 Å². The molecule has 2 aromatic rings. The van der Waals surface area contributed by atoms with Gasteiger partial charge in [0, 0.05) is 6.20 Å². The monoisotopic (exact) mass is 309 g/mol. The number of carboxylic acid groups (broad SMARTS) is 1. The van der Waals surface area contributed by atoms with Gasteiger partial charge in [-0.25, -0.2) is 4.68 Å². The van der Waals surface area contributed by atoms with Gasteiger partial charge < -0.3 is 5.11 Å². The topological polar surface area (TPSA) is 93.8 Å². The van der Waals surface area contributed by atoms with E-state index in [4.69, 9.17) is 16.7 Å². The van der Waals surface area contributed by atoms with E-state index < -0.39 is 12.0 Å². The molecule has 0 saturated heterocycles. The summed E-state index contributed by atoms with van der Waals surface area (Å²) in [4.78, 5) is 15.3. The molecule has 0 spiro atoms. The molecule has 0 aliphatic rings. The smallest absolute Gasteiger partial charge is 0.305 e. The van der Waals surface area contributed by atoms with Crippen molar-refractivity contribution >= 4 is 17.6 Å². The summed E-state index contributed by atoms with van der Waals surface area (Å²) in [5.41, 5.74) is 0.221. The highest BCUT2D eigenvalue weighted by molar-refractivity contribution is 6.30. The average Bonchev–Trinajstić information content (AvgIpc) is 2.84. The van der Waals surface area contributed by atoms with Gasteiger partial charge in [0.25, 0.3) is 0 Å². The van der Waals surface area contributed by atoms with E-state index in [1.807, 2.05) is 20.8 Å². The van der Waals surface area contributed by atoms with Crippen LogP contribution in [0.25, 0.3) is 11.5 Å². The molecule has 0 amide bonds. The maximum Gasteiger partial charge on any atom is 0.305 e. The number of carbonyl (C=O) groups is 1. The molecule has 1 atom stereocenters. The summed E-state index contributed by atoms with van der Waals surface area (Å²) in [7, 11) is 0. The summed E-state index contributed by atoms with van der Waals surface area (Å²) in [6.07, 6.45) is 1.42. The van der Waals surface area contributed by atoms with Crippen LogP contribution < -0.4 is 0 Å². The fraction of sp³-hybridized carbons (Fsp3) is 0.462. The van der Waals surface area contributed by atoms with E-state index in [1.165, 1.54) is 10.9 Å². The molecule has 0 aliphatic carbocycles. The maximum atomic E-state index is 11.1. The molecule has 0 aliphatic heterocycles. The predicted octanol–water partition coefficient (Wildman–Crippen LogP) is 2.45. The average molecular weight is 310 g/mol. The van der Waals surface area contributed by atoms with E-state index in [0.29, 0.717) is 16.5 Å². The Kier molecular flexibility index (Phi) is 4.22. The first-order chi connectivity index (χ1) is 9.79. The molecule has 7 nitrogen and oxygen atoms in total. The molecule has 21 heavy (non-hydrogen) atoms. The molecule has 2 rings (SSSR count). The highest BCUT2D eigenvalue weighted by Crippen LogP contribution is 2.34. The summed E-state index contributed by atoms with van der Waals surface area (Å²) in [5, 5.41) is 21.2. The van der Waals surface area contributed by atoms with Crippen molar-refractivity contribution in [1.29, 1.82) is 0 Å². The molecule has 8 heteroatoms. The van der Waals surface area contributed by atoms with Crippen LogP contribution in [0.2, 0.25) is 5.02 Å². The number of aromatic nitrogens is 5. The minimum Gasteiger partial charge on any atom is -0.481 e. The van der Waals surface area contributed by atoms with Gasteiger partial charge in [0.2, 0.25) is 5.82 Å². The first-order valence-electron chi connectivity index (χ1n) is 6.40. The van der Waals surface area contributed by atoms with Crippen molar-refractivity contribution in [2.24, 2.45) is 5.41 Å². The van der Waals surface area contributed by atoms with Gasteiger partial charge in [-0.15, -0.1) is 5.10 Å². The lowest BCUT2D eigenvalue weighted by Crippen LogP contribution is -2.28. The maximum absolute atomic E-state index is 11.1. The Bertz CT molecular complexity index is 633. The number of tetrazole rings is 1. The number of hydrogen-bond acceptors (Lipinski definition) is 5. The van der Waals surface area contributed by atoms with E-state index in [0.717, 1.165) is 0 Å². The number of rotatable bonds is 4. The van der Waals surface area contributed by atoms with Crippen LogP contribution >= 0.6 is 11.6 Å². The van der Waals surface area contributed by atoms with Crippen LogP contribution in [0.3, 0.4) is 0 Å². The van der Waals surface area contributed by atoms with Crippen LogP contribution in [-0.4, -0.2) is 36.3 Å². The van der Waals surface area contributed by atoms with Gasteiger partial charge in [0.05, 0.1) is 17.5 Å². The SMILES string of the molecule is CC(C)(C)C(CC(=O)O)n1nnnc1-c1ccc(Cl)cn1. The number of aliphatic carboxylic acids is 1. The molecule has 0 aromatic carbocycles. The predicted molar refractivity (Wildman–Crippen MR) is 76.8 cm³/mol. The number of nitrogens with zero attached hydrogens (tertiary/aromatic N) is 5. The van der Waals surface area contributed by atoms with Gasteiger partial charge in [-0.2, -0.15) is 0 Å². The van der Waals surface area contributed by atoms with Crippen LogP contribution in [0.15, 0.2) is 18.3 Å². The number of pyridine rings is 1. The van der Waals surface area contributed by atoms with Crippen molar-refractivity contribution < 1.29 is 9.90 Å². The third-order valence-electron chi connectivity index (χ3n) is 3.11. The first-order valence-corrected chi connectivity index (χ1v) is 6.78. The fourth-order valence-electron chi connectivity index (χ4n) is 2.01. The zero-order valence-electron chi connectivity index (χ0n) is 12.0. The Morgan fingerprint density at radius 2 is 2.14 bits per heavy atom. The van der Waals surface area contributed by atoms with Crippen molar-refractivity contribution in [2.75, 3.05) is 0 Å². The van der Waals surface area contributed by atoms with E-state index in [9.17, 15) is 4.79 Å². The van der Waals surface area contributed by atoms with Crippen LogP contribution in [0, 0.1) is 5.41 Å².